The first-order valence-corrected chi connectivity index (χ1v) is 8.73. The highest BCUT2D eigenvalue weighted by Gasteiger charge is 2.20. The normalized spacial score (nSPS) is 15.6. The van der Waals surface area contributed by atoms with E-state index in [0.717, 1.165) is 43.5 Å². The molecule has 1 aliphatic rings. The molecule has 2 aromatic heterocycles. The summed E-state index contributed by atoms with van der Waals surface area (Å²) < 4.78 is 12.5. The zero-order valence-electron chi connectivity index (χ0n) is 14.8. The lowest BCUT2D eigenvalue weighted by Crippen LogP contribution is -2.47. The van der Waals surface area contributed by atoms with E-state index in [1.165, 1.54) is 0 Å². The predicted octanol–water partition coefficient (Wildman–Crippen LogP) is 1.42. The second-order valence-corrected chi connectivity index (χ2v) is 6.32. The molecule has 1 atom stereocenters. The van der Waals surface area contributed by atoms with Crippen molar-refractivity contribution in [3.63, 3.8) is 0 Å². The molecule has 8 heteroatoms. The van der Waals surface area contributed by atoms with Gasteiger partial charge in [-0.2, -0.15) is 0 Å². The molecule has 2 aromatic rings. The fourth-order valence-electron chi connectivity index (χ4n) is 2.77. The van der Waals surface area contributed by atoms with Crippen molar-refractivity contribution in [1.29, 1.82) is 0 Å². The van der Waals surface area contributed by atoms with Crippen LogP contribution >= 0.6 is 0 Å². The van der Waals surface area contributed by atoms with Crippen LogP contribution in [0.5, 0.6) is 0 Å². The second-order valence-electron chi connectivity index (χ2n) is 6.32. The third-order valence-corrected chi connectivity index (χ3v) is 4.39. The summed E-state index contributed by atoms with van der Waals surface area (Å²) in [4.78, 5) is 29.1. The van der Waals surface area contributed by atoms with Crippen molar-refractivity contribution in [2.75, 3.05) is 42.7 Å². The van der Waals surface area contributed by atoms with Gasteiger partial charge in [0, 0.05) is 51.3 Å². The molecular formula is C18H23FN6O. The summed E-state index contributed by atoms with van der Waals surface area (Å²) in [7, 11) is 0. The largest absolute Gasteiger partial charge is 0.353 e. The second kappa shape index (κ2) is 8.55. The summed E-state index contributed by atoms with van der Waals surface area (Å²) in [6, 6.07) is 5.63. The molecule has 1 unspecified atom stereocenters. The zero-order chi connectivity index (χ0) is 18.4. The Morgan fingerprint density at radius 2 is 1.85 bits per heavy atom. The predicted molar refractivity (Wildman–Crippen MR) is 97.7 cm³/mol. The Kier molecular flexibility index (Phi) is 5.93. The van der Waals surface area contributed by atoms with Crippen LogP contribution in [0.4, 0.5) is 16.2 Å². The number of hydrogen-bond acceptors (Lipinski definition) is 6. The first-order valence-electron chi connectivity index (χ1n) is 8.73. The number of anilines is 2. The molecule has 3 rings (SSSR count). The molecule has 0 bridgehead atoms. The summed E-state index contributed by atoms with van der Waals surface area (Å²) in [6.07, 6.45) is 5.23. The van der Waals surface area contributed by atoms with Gasteiger partial charge in [0.2, 0.25) is 11.9 Å². The smallest absolute Gasteiger partial charge is 0.225 e. The lowest BCUT2D eigenvalue weighted by Gasteiger charge is -2.35. The van der Waals surface area contributed by atoms with E-state index in [-0.39, 0.29) is 5.91 Å². The van der Waals surface area contributed by atoms with Crippen molar-refractivity contribution in [3.8, 4) is 0 Å². The maximum atomic E-state index is 12.5. The molecule has 0 saturated carbocycles. The quantitative estimate of drug-likeness (QED) is 0.842. The maximum absolute atomic E-state index is 12.5. The van der Waals surface area contributed by atoms with Crippen LogP contribution in [0.15, 0.2) is 36.8 Å². The number of alkyl halides is 1. The molecule has 26 heavy (non-hydrogen) atoms. The van der Waals surface area contributed by atoms with E-state index < -0.39 is 12.6 Å². The monoisotopic (exact) mass is 358 g/mol. The average molecular weight is 358 g/mol. The molecule has 138 valence electrons. The molecule has 7 nitrogen and oxygen atoms in total. The summed E-state index contributed by atoms with van der Waals surface area (Å²) in [5.41, 5.74) is 0.947. The van der Waals surface area contributed by atoms with Gasteiger partial charge in [0.15, 0.2) is 0 Å². The maximum Gasteiger partial charge on any atom is 0.225 e. The molecule has 1 saturated heterocycles. The van der Waals surface area contributed by atoms with Crippen LogP contribution in [0.25, 0.3) is 0 Å². The minimum Gasteiger partial charge on any atom is -0.353 e. The number of aromatic nitrogens is 3. The molecule has 0 aromatic carbocycles. The van der Waals surface area contributed by atoms with Gasteiger partial charge in [-0.15, -0.1) is 0 Å². The number of halogens is 1. The van der Waals surface area contributed by atoms with Gasteiger partial charge in [-0.05, 0) is 23.8 Å². The van der Waals surface area contributed by atoms with Crippen LogP contribution in [0, 0.1) is 5.92 Å². The fourth-order valence-corrected chi connectivity index (χ4v) is 2.77. The summed E-state index contributed by atoms with van der Waals surface area (Å²) in [5, 5.41) is 2.76. The highest BCUT2D eigenvalue weighted by Crippen LogP contribution is 2.17. The van der Waals surface area contributed by atoms with Crippen LogP contribution in [-0.4, -0.2) is 53.7 Å². The Balaban J connectivity index is 1.56. The first-order chi connectivity index (χ1) is 12.7. The SMILES string of the molecule is CC(CF)C(=O)NCc1ccnc(N2CCN(c3ncccn3)CC2)c1. The summed E-state index contributed by atoms with van der Waals surface area (Å²) in [6.45, 7) is 4.57. The Morgan fingerprint density at radius 3 is 2.54 bits per heavy atom. The van der Waals surface area contributed by atoms with Crippen LogP contribution in [-0.2, 0) is 11.3 Å². The van der Waals surface area contributed by atoms with Crippen molar-refractivity contribution in [2.45, 2.75) is 13.5 Å². The molecule has 3 heterocycles. The summed E-state index contributed by atoms with van der Waals surface area (Å²) in [5.74, 6) is 0.731. The number of carbonyl (C=O) groups excluding carboxylic acids is 1. The standard InChI is InChI=1S/C18H23FN6O/c1-14(12-19)17(26)23-13-15-3-6-20-16(11-15)24-7-9-25(10-8-24)18-21-4-2-5-22-18/h2-6,11,14H,7-10,12-13H2,1H3,(H,23,26). The number of nitrogens with zero attached hydrogens (tertiary/aromatic N) is 5. The molecule has 1 fully saturated rings. The highest BCUT2D eigenvalue weighted by molar-refractivity contribution is 5.78. The van der Waals surface area contributed by atoms with Crippen molar-refractivity contribution in [2.24, 2.45) is 5.92 Å². The molecule has 1 aliphatic heterocycles. The third-order valence-electron chi connectivity index (χ3n) is 4.39. The van der Waals surface area contributed by atoms with Gasteiger partial charge >= 0.3 is 0 Å². The van der Waals surface area contributed by atoms with E-state index in [9.17, 15) is 9.18 Å². The van der Waals surface area contributed by atoms with Crippen molar-refractivity contribution in [1.82, 2.24) is 20.3 Å². The van der Waals surface area contributed by atoms with Gasteiger partial charge in [0.25, 0.3) is 0 Å². The Labute approximate surface area is 152 Å². The van der Waals surface area contributed by atoms with E-state index in [1.54, 1.807) is 25.5 Å². The lowest BCUT2D eigenvalue weighted by atomic mass is 10.2. The highest BCUT2D eigenvalue weighted by atomic mass is 19.1. The number of rotatable bonds is 6. The number of piperazine rings is 1. The number of amides is 1. The number of nitrogens with one attached hydrogen (secondary N) is 1. The van der Waals surface area contributed by atoms with Crippen LogP contribution in [0.3, 0.4) is 0 Å². The van der Waals surface area contributed by atoms with E-state index in [4.69, 9.17) is 0 Å². The van der Waals surface area contributed by atoms with Crippen molar-refractivity contribution in [3.05, 3.63) is 42.4 Å². The minimum atomic E-state index is -0.650. The van der Waals surface area contributed by atoms with Gasteiger partial charge in [0.05, 0.1) is 5.92 Å². The first kappa shape index (κ1) is 18.0. The molecular weight excluding hydrogens is 335 g/mol. The van der Waals surface area contributed by atoms with Gasteiger partial charge in [0.1, 0.15) is 12.5 Å². The van der Waals surface area contributed by atoms with Gasteiger partial charge < -0.3 is 15.1 Å². The van der Waals surface area contributed by atoms with Gasteiger partial charge in [-0.3, -0.25) is 9.18 Å². The van der Waals surface area contributed by atoms with E-state index in [1.807, 2.05) is 18.2 Å². The van der Waals surface area contributed by atoms with Gasteiger partial charge in [-0.25, -0.2) is 15.0 Å². The molecule has 1 N–H and O–H groups in total. The molecule has 0 aliphatic carbocycles. The zero-order valence-corrected chi connectivity index (χ0v) is 14.8. The van der Waals surface area contributed by atoms with Gasteiger partial charge in [-0.1, -0.05) is 6.92 Å². The number of pyridine rings is 1. The van der Waals surface area contributed by atoms with E-state index in [0.29, 0.717) is 6.54 Å². The number of carbonyl (C=O) groups is 1. The van der Waals surface area contributed by atoms with E-state index >= 15 is 0 Å². The molecule has 0 radical (unpaired) electrons. The Bertz CT molecular complexity index is 721. The Morgan fingerprint density at radius 1 is 1.15 bits per heavy atom. The van der Waals surface area contributed by atoms with Crippen LogP contribution in [0.1, 0.15) is 12.5 Å². The van der Waals surface area contributed by atoms with Crippen LogP contribution in [0.2, 0.25) is 0 Å². The minimum absolute atomic E-state index is 0.276. The summed E-state index contributed by atoms with van der Waals surface area (Å²) >= 11 is 0. The molecule has 1 amide bonds. The number of hydrogen-bond donors (Lipinski definition) is 1. The fraction of sp³-hybridized carbons (Fsp3) is 0.444. The third kappa shape index (κ3) is 4.44. The average Bonchev–Trinajstić information content (AvgIpc) is 2.72. The van der Waals surface area contributed by atoms with E-state index in [2.05, 4.69) is 30.1 Å². The Hall–Kier alpha value is -2.77. The van der Waals surface area contributed by atoms with Crippen LogP contribution < -0.4 is 15.1 Å². The van der Waals surface area contributed by atoms with Crippen molar-refractivity contribution < 1.29 is 9.18 Å². The topological polar surface area (TPSA) is 74.2 Å². The van der Waals surface area contributed by atoms with Crippen molar-refractivity contribution >= 4 is 17.7 Å². The molecule has 0 spiro atoms. The lowest BCUT2D eigenvalue weighted by molar-refractivity contribution is -0.125.